The van der Waals surface area contributed by atoms with Gasteiger partial charge in [-0.15, -0.1) is 0 Å². The molecule has 10 heteroatoms. The van der Waals surface area contributed by atoms with Gasteiger partial charge in [0, 0.05) is 53.8 Å². The Labute approximate surface area is 215 Å². The monoisotopic (exact) mass is 553 g/mol. The van der Waals surface area contributed by atoms with Crippen LogP contribution >= 0.6 is 15.9 Å². The van der Waals surface area contributed by atoms with E-state index in [1.165, 1.54) is 12.1 Å². The predicted molar refractivity (Wildman–Crippen MR) is 140 cm³/mol. The van der Waals surface area contributed by atoms with Crippen LogP contribution in [0, 0.1) is 5.82 Å². The van der Waals surface area contributed by atoms with Gasteiger partial charge in [0.15, 0.2) is 11.6 Å². The molecule has 0 amide bonds. The van der Waals surface area contributed by atoms with Crippen LogP contribution in [0.4, 0.5) is 10.1 Å². The number of ketones is 1. The number of aromatic nitrogens is 3. The third-order valence-electron chi connectivity index (χ3n) is 6.09. The van der Waals surface area contributed by atoms with E-state index >= 15 is 0 Å². The van der Waals surface area contributed by atoms with Gasteiger partial charge in [0.25, 0.3) is 0 Å². The van der Waals surface area contributed by atoms with Crippen LogP contribution < -0.4 is 4.74 Å². The molecule has 0 N–H and O–H groups in total. The van der Waals surface area contributed by atoms with Gasteiger partial charge in [0.1, 0.15) is 11.7 Å². The zero-order valence-electron chi connectivity index (χ0n) is 20.2. The van der Waals surface area contributed by atoms with E-state index in [1.807, 2.05) is 20.2 Å². The number of pyridine rings is 1. The molecule has 0 bridgehead atoms. The van der Waals surface area contributed by atoms with Crippen LogP contribution in [0.15, 0.2) is 46.0 Å². The van der Waals surface area contributed by atoms with Gasteiger partial charge < -0.3 is 14.4 Å². The first-order valence-corrected chi connectivity index (χ1v) is 12.4. The predicted octanol–water partition coefficient (Wildman–Crippen LogP) is 5.65. The first-order chi connectivity index (χ1) is 17.4. The average Bonchev–Trinajstić information content (AvgIpc) is 3.34. The van der Waals surface area contributed by atoms with Crippen molar-refractivity contribution in [3.63, 3.8) is 0 Å². The minimum atomic E-state index is -0.488. The molecule has 0 aliphatic carbocycles. The summed E-state index contributed by atoms with van der Waals surface area (Å²) in [4.78, 5) is 24.9. The summed E-state index contributed by atoms with van der Waals surface area (Å²) < 4.78 is 28.1. The summed E-state index contributed by atoms with van der Waals surface area (Å²) >= 11 is 3.56. The van der Waals surface area contributed by atoms with Crippen molar-refractivity contribution in [1.29, 1.82) is 0 Å². The highest BCUT2D eigenvalue weighted by molar-refractivity contribution is 9.10. The molecule has 0 saturated carbocycles. The quantitative estimate of drug-likeness (QED) is 0.174. The SMILES string of the molecule is COc1ccc2c(/N=C/N(C)C)c(C(=O)c3ccc(F)c4nn(C5CCCCO5)cc34)cc(Br)c2n1. The zero-order chi connectivity index (χ0) is 25.4. The maximum absolute atomic E-state index is 14.8. The summed E-state index contributed by atoms with van der Waals surface area (Å²) in [6.45, 7) is 0.631. The molecule has 1 aliphatic heterocycles. The lowest BCUT2D eigenvalue weighted by molar-refractivity contribution is -0.0391. The Hall–Kier alpha value is -3.37. The summed E-state index contributed by atoms with van der Waals surface area (Å²) in [5.74, 6) is -0.339. The number of carbonyl (C=O) groups is 1. The molecule has 2 aromatic heterocycles. The maximum atomic E-state index is 14.8. The molecule has 1 aliphatic rings. The van der Waals surface area contributed by atoms with Gasteiger partial charge in [-0.2, -0.15) is 5.10 Å². The van der Waals surface area contributed by atoms with Crippen molar-refractivity contribution in [3.8, 4) is 5.88 Å². The Kier molecular flexibility index (Phi) is 6.72. The number of carbonyl (C=O) groups excluding carboxylic acids is 1. The van der Waals surface area contributed by atoms with Crippen molar-refractivity contribution in [2.75, 3.05) is 27.8 Å². The van der Waals surface area contributed by atoms with Gasteiger partial charge in [-0.05, 0) is 59.5 Å². The molecule has 5 rings (SSSR count). The lowest BCUT2D eigenvalue weighted by atomic mass is 9.97. The standard InChI is InChI=1S/C26H25BrFN5O3/c1-32(2)14-29-23-16-8-10-21(35-3)30-24(16)19(27)12-17(23)26(34)15-7-9-20(28)25-18(15)13-33(31-25)22-6-4-5-11-36-22/h7-10,12-14,22H,4-6,11H2,1-3H3/b29-14+. The lowest BCUT2D eigenvalue weighted by Crippen LogP contribution is -2.18. The van der Waals surface area contributed by atoms with E-state index < -0.39 is 5.82 Å². The Morgan fingerprint density at radius 2 is 2.06 bits per heavy atom. The molecule has 1 fully saturated rings. The van der Waals surface area contributed by atoms with E-state index in [2.05, 4.69) is 31.0 Å². The second kappa shape index (κ2) is 9.94. The van der Waals surface area contributed by atoms with Crippen molar-refractivity contribution in [3.05, 3.63) is 57.9 Å². The highest BCUT2D eigenvalue weighted by Gasteiger charge is 2.25. The summed E-state index contributed by atoms with van der Waals surface area (Å²) in [6, 6.07) is 8.02. The molecular formula is C26H25BrFN5O3. The second-order valence-electron chi connectivity index (χ2n) is 8.83. The average molecular weight is 554 g/mol. The van der Waals surface area contributed by atoms with Crippen molar-refractivity contribution in [2.45, 2.75) is 25.5 Å². The first kappa shape index (κ1) is 24.3. The molecule has 1 saturated heterocycles. The fourth-order valence-electron chi connectivity index (χ4n) is 4.34. The van der Waals surface area contributed by atoms with Gasteiger partial charge >= 0.3 is 0 Å². The fourth-order valence-corrected chi connectivity index (χ4v) is 4.87. The Balaban J connectivity index is 1.68. The molecule has 3 heterocycles. The summed E-state index contributed by atoms with van der Waals surface area (Å²) in [5, 5.41) is 5.54. The van der Waals surface area contributed by atoms with E-state index in [-0.39, 0.29) is 17.5 Å². The minimum Gasteiger partial charge on any atom is -0.481 e. The third-order valence-corrected chi connectivity index (χ3v) is 6.69. The van der Waals surface area contributed by atoms with Crippen LogP contribution in [-0.4, -0.2) is 59.6 Å². The van der Waals surface area contributed by atoms with E-state index in [0.29, 0.717) is 50.1 Å². The molecule has 186 valence electrons. The van der Waals surface area contributed by atoms with Gasteiger partial charge in [0.05, 0.1) is 30.2 Å². The molecule has 0 radical (unpaired) electrons. The highest BCUT2D eigenvalue weighted by atomic mass is 79.9. The maximum Gasteiger partial charge on any atom is 0.213 e. The molecular weight excluding hydrogens is 529 g/mol. The summed E-state index contributed by atoms with van der Waals surface area (Å²) in [5.41, 5.74) is 1.90. The number of methoxy groups -OCH3 is 1. The van der Waals surface area contributed by atoms with Gasteiger partial charge in [-0.3, -0.25) is 4.79 Å². The van der Waals surface area contributed by atoms with Crippen molar-refractivity contribution in [1.82, 2.24) is 19.7 Å². The molecule has 0 spiro atoms. The third kappa shape index (κ3) is 4.46. The number of rotatable bonds is 6. The number of ether oxygens (including phenoxy) is 2. The van der Waals surface area contributed by atoms with Crippen LogP contribution in [0.3, 0.4) is 0 Å². The Bertz CT molecular complexity index is 1490. The van der Waals surface area contributed by atoms with Crippen molar-refractivity contribution < 1.29 is 18.7 Å². The van der Waals surface area contributed by atoms with Gasteiger partial charge in [0.2, 0.25) is 5.88 Å². The van der Waals surface area contributed by atoms with Gasteiger partial charge in [-0.25, -0.2) is 19.0 Å². The van der Waals surface area contributed by atoms with Crippen LogP contribution in [0.5, 0.6) is 5.88 Å². The minimum absolute atomic E-state index is 0.139. The summed E-state index contributed by atoms with van der Waals surface area (Å²) in [7, 11) is 5.24. The second-order valence-corrected chi connectivity index (χ2v) is 9.68. The topological polar surface area (TPSA) is 81.8 Å². The van der Waals surface area contributed by atoms with Crippen LogP contribution in [0.2, 0.25) is 0 Å². The van der Waals surface area contributed by atoms with Crippen LogP contribution in [-0.2, 0) is 4.74 Å². The van der Waals surface area contributed by atoms with Crippen molar-refractivity contribution in [2.24, 2.45) is 4.99 Å². The molecule has 8 nitrogen and oxygen atoms in total. The highest BCUT2D eigenvalue weighted by Crippen LogP contribution is 2.38. The number of nitrogens with zero attached hydrogens (tertiary/aromatic N) is 5. The number of benzene rings is 2. The molecule has 36 heavy (non-hydrogen) atoms. The molecule has 2 aromatic carbocycles. The number of halogens is 2. The van der Waals surface area contributed by atoms with Gasteiger partial charge in [-0.1, -0.05) is 0 Å². The molecule has 4 aromatic rings. The first-order valence-electron chi connectivity index (χ1n) is 11.6. The smallest absolute Gasteiger partial charge is 0.213 e. The number of hydrogen-bond acceptors (Lipinski definition) is 6. The van der Waals surface area contributed by atoms with Crippen LogP contribution in [0.1, 0.15) is 41.4 Å². The largest absolute Gasteiger partial charge is 0.481 e. The van der Waals surface area contributed by atoms with E-state index in [9.17, 15) is 9.18 Å². The fraction of sp³-hybridized carbons (Fsp3) is 0.308. The van der Waals surface area contributed by atoms with Crippen LogP contribution in [0.25, 0.3) is 21.8 Å². The molecule has 1 atom stereocenters. The molecule has 1 unspecified atom stereocenters. The summed E-state index contributed by atoms with van der Waals surface area (Å²) in [6.07, 6.45) is 5.84. The van der Waals surface area contributed by atoms with E-state index in [0.717, 1.165) is 19.3 Å². The number of hydrogen-bond donors (Lipinski definition) is 0. The Morgan fingerprint density at radius 3 is 2.78 bits per heavy atom. The van der Waals surface area contributed by atoms with E-state index in [1.54, 1.807) is 41.4 Å². The van der Waals surface area contributed by atoms with Crippen molar-refractivity contribution >= 4 is 55.5 Å². The van der Waals surface area contributed by atoms with E-state index in [4.69, 9.17) is 9.47 Å². The number of aliphatic imine (C=N–C) groups is 1. The lowest BCUT2D eigenvalue weighted by Gasteiger charge is -2.22. The zero-order valence-corrected chi connectivity index (χ0v) is 21.7. The Morgan fingerprint density at radius 1 is 1.22 bits per heavy atom. The normalized spacial score (nSPS) is 16.2. The number of fused-ring (bicyclic) bond motifs is 2.